The third-order valence-electron chi connectivity index (χ3n) is 5.09. The van der Waals surface area contributed by atoms with E-state index in [9.17, 15) is 9.59 Å². The number of esters is 1. The Morgan fingerprint density at radius 1 is 1.27 bits per heavy atom. The third kappa shape index (κ3) is 3.02. The fraction of sp³-hybridized carbons (Fsp3) is 0.273. The molecular formula is C22H21FN2O4S. The van der Waals surface area contributed by atoms with Crippen molar-refractivity contribution in [1.82, 2.24) is 4.57 Å². The highest BCUT2D eigenvalue weighted by Gasteiger charge is 2.32. The number of pyridine rings is 1. The first kappa shape index (κ1) is 20.3. The summed E-state index contributed by atoms with van der Waals surface area (Å²) >= 11 is 1.38. The van der Waals surface area contributed by atoms with Crippen LogP contribution >= 0.6 is 11.8 Å². The number of ether oxygens (including phenoxy) is 2. The Kier molecular flexibility index (Phi) is 5.19. The zero-order chi connectivity index (χ0) is 21.6. The summed E-state index contributed by atoms with van der Waals surface area (Å²) < 4.78 is 27.7. The number of aromatic nitrogens is 1. The number of carbonyl (C=O) groups is 1. The number of nitrogens with zero attached hydrogens (tertiary/aromatic N) is 2. The molecule has 4 rings (SSSR count). The molecule has 6 nitrogen and oxygen atoms in total. The molecule has 0 bridgehead atoms. The van der Waals surface area contributed by atoms with Gasteiger partial charge >= 0.3 is 5.97 Å². The molecule has 0 aliphatic carbocycles. The predicted molar refractivity (Wildman–Crippen MR) is 116 cm³/mol. The molecule has 0 radical (unpaired) electrons. The predicted octanol–water partition coefficient (Wildman–Crippen LogP) is 4.12. The van der Waals surface area contributed by atoms with Crippen LogP contribution in [-0.2, 0) is 10.6 Å². The van der Waals surface area contributed by atoms with Gasteiger partial charge in [0, 0.05) is 19.8 Å². The van der Waals surface area contributed by atoms with E-state index >= 15 is 4.39 Å². The van der Waals surface area contributed by atoms with Gasteiger partial charge in [-0.3, -0.25) is 4.79 Å². The average Bonchev–Trinajstić information content (AvgIpc) is 2.70. The summed E-state index contributed by atoms with van der Waals surface area (Å²) in [7, 11) is 5.31. The lowest BCUT2D eigenvalue weighted by molar-refractivity contribution is 0.0518. The Bertz CT molecular complexity index is 1220. The lowest BCUT2D eigenvalue weighted by atomic mass is 9.99. The zero-order valence-corrected chi connectivity index (χ0v) is 17.9. The molecule has 30 heavy (non-hydrogen) atoms. The number of rotatable bonds is 5. The number of carbonyl (C=O) groups excluding carboxylic acids is 1. The lowest BCUT2D eigenvalue weighted by Crippen LogP contribution is -2.27. The van der Waals surface area contributed by atoms with E-state index in [1.807, 2.05) is 47.8 Å². The molecule has 2 heterocycles. The normalized spacial score (nSPS) is 12.3. The second kappa shape index (κ2) is 7.68. The largest absolute Gasteiger partial charge is 0.494 e. The van der Waals surface area contributed by atoms with Crippen molar-refractivity contribution in [2.24, 2.45) is 0 Å². The number of thioether (sulfide) groups is 1. The fourth-order valence-corrected chi connectivity index (χ4v) is 4.56. The average molecular weight is 428 g/mol. The van der Waals surface area contributed by atoms with Crippen LogP contribution in [0, 0.1) is 5.82 Å². The molecule has 8 heteroatoms. The maximum atomic E-state index is 15.3. The SMILES string of the molecule is CCOC(=O)c1c2n(c3c(OC)c(-c4ccc(N(C)C)cc4)c(F)cc3c1=O)CS2. The summed E-state index contributed by atoms with van der Waals surface area (Å²) in [4.78, 5) is 27.4. The van der Waals surface area contributed by atoms with E-state index in [1.54, 1.807) is 6.92 Å². The lowest BCUT2D eigenvalue weighted by Gasteiger charge is -2.28. The van der Waals surface area contributed by atoms with Crippen LogP contribution in [0.4, 0.5) is 10.1 Å². The van der Waals surface area contributed by atoms with Crippen LogP contribution in [0.15, 0.2) is 40.2 Å². The minimum atomic E-state index is -0.692. The highest BCUT2D eigenvalue weighted by molar-refractivity contribution is 7.99. The number of hydrogen-bond donors (Lipinski definition) is 0. The molecule has 0 amide bonds. The molecule has 1 aliphatic rings. The first-order valence-corrected chi connectivity index (χ1v) is 10.4. The molecule has 0 unspecified atom stereocenters. The van der Waals surface area contributed by atoms with Gasteiger partial charge < -0.3 is 18.9 Å². The van der Waals surface area contributed by atoms with Crippen LogP contribution in [0.3, 0.4) is 0 Å². The van der Waals surface area contributed by atoms with E-state index in [2.05, 4.69) is 0 Å². The van der Waals surface area contributed by atoms with Crippen molar-refractivity contribution in [1.29, 1.82) is 0 Å². The fourth-order valence-electron chi connectivity index (χ4n) is 3.63. The molecule has 156 valence electrons. The van der Waals surface area contributed by atoms with Crippen molar-refractivity contribution >= 4 is 34.3 Å². The minimum absolute atomic E-state index is 0.0508. The highest BCUT2D eigenvalue weighted by Crippen LogP contribution is 2.44. The Hall–Kier alpha value is -3.00. The highest BCUT2D eigenvalue weighted by atomic mass is 32.2. The van der Waals surface area contributed by atoms with Crippen molar-refractivity contribution in [3.05, 3.63) is 51.9 Å². The van der Waals surface area contributed by atoms with Crippen molar-refractivity contribution in [2.45, 2.75) is 17.8 Å². The van der Waals surface area contributed by atoms with Gasteiger partial charge in [0.05, 0.1) is 41.1 Å². The smallest absolute Gasteiger partial charge is 0.344 e. The number of anilines is 1. The van der Waals surface area contributed by atoms with Crippen LogP contribution < -0.4 is 15.1 Å². The van der Waals surface area contributed by atoms with Crippen molar-refractivity contribution in [2.75, 3.05) is 32.7 Å². The Morgan fingerprint density at radius 3 is 2.50 bits per heavy atom. The summed E-state index contributed by atoms with van der Waals surface area (Å²) in [5.41, 5.74) is 1.79. The van der Waals surface area contributed by atoms with E-state index < -0.39 is 17.2 Å². The van der Waals surface area contributed by atoms with Gasteiger partial charge in [0.15, 0.2) is 5.75 Å². The summed E-state index contributed by atoms with van der Waals surface area (Å²) in [6.45, 7) is 1.83. The first-order valence-electron chi connectivity index (χ1n) is 9.43. The van der Waals surface area contributed by atoms with E-state index in [4.69, 9.17) is 9.47 Å². The van der Waals surface area contributed by atoms with E-state index in [1.165, 1.54) is 24.9 Å². The molecule has 1 aliphatic heterocycles. The van der Waals surface area contributed by atoms with Crippen molar-refractivity contribution in [3.63, 3.8) is 0 Å². The molecule has 0 saturated heterocycles. The van der Waals surface area contributed by atoms with Crippen molar-refractivity contribution < 1.29 is 18.7 Å². The number of fused-ring (bicyclic) bond motifs is 3. The van der Waals surface area contributed by atoms with Gasteiger partial charge in [-0.25, -0.2) is 9.18 Å². The molecule has 1 aromatic heterocycles. The standard InChI is InChI=1S/C22H21FN2O4S/c1-5-29-22(27)17-19(26)14-10-15(23)16(12-6-8-13(9-7-12)24(2)3)20(28-4)18(14)25-11-30-21(17)25/h6-10H,5,11H2,1-4H3. The topological polar surface area (TPSA) is 60.8 Å². The van der Waals surface area contributed by atoms with Gasteiger partial charge in [-0.1, -0.05) is 23.9 Å². The second-order valence-corrected chi connectivity index (χ2v) is 7.97. The summed E-state index contributed by atoms with van der Waals surface area (Å²) in [5.74, 6) is -0.476. The molecule has 2 aromatic carbocycles. The Labute approximate surface area is 177 Å². The molecule has 0 atom stereocenters. The monoisotopic (exact) mass is 428 g/mol. The van der Waals surface area contributed by atoms with E-state index in [0.29, 0.717) is 22.0 Å². The molecule has 0 N–H and O–H groups in total. The van der Waals surface area contributed by atoms with Gasteiger partial charge in [0.2, 0.25) is 5.43 Å². The number of halogens is 1. The molecule has 0 fully saturated rings. The second-order valence-electron chi connectivity index (χ2n) is 7.04. The maximum Gasteiger partial charge on any atom is 0.344 e. The van der Waals surface area contributed by atoms with Crippen LogP contribution in [-0.4, -0.2) is 38.3 Å². The summed E-state index contributed by atoms with van der Waals surface area (Å²) in [6.07, 6.45) is 0. The molecule has 0 spiro atoms. The van der Waals surface area contributed by atoms with Crippen LogP contribution in [0.5, 0.6) is 5.75 Å². The number of hydrogen-bond acceptors (Lipinski definition) is 6. The molecular weight excluding hydrogens is 407 g/mol. The van der Waals surface area contributed by atoms with Gasteiger partial charge in [0.25, 0.3) is 0 Å². The van der Waals surface area contributed by atoms with Gasteiger partial charge in [-0.05, 0) is 30.7 Å². The summed E-state index contributed by atoms with van der Waals surface area (Å²) in [6, 6.07) is 8.61. The zero-order valence-electron chi connectivity index (χ0n) is 17.1. The quantitative estimate of drug-likeness (QED) is 0.570. The minimum Gasteiger partial charge on any atom is -0.494 e. The van der Waals surface area contributed by atoms with Gasteiger partial charge in [-0.15, -0.1) is 0 Å². The molecule has 3 aromatic rings. The van der Waals surface area contributed by atoms with Crippen LogP contribution in [0.2, 0.25) is 0 Å². The first-order chi connectivity index (χ1) is 14.4. The van der Waals surface area contributed by atoms with Gasteiger partial charge in [0.1, 0.15) is 11.4 Å². The third-order valence-corrected chi connectivity index (χ3v) is 6.18. The Morgan fingerprint density at radius 2 is 1.97 bits per heavy atom. The Balaban J connectivity index is 2.01. The maximum absolute atomic E-state index is 15.3. The number of methoxy groups -OCH3 is 1. The van der Waals surface area contributed by atoms with Crippen LogP contribution in [0.25, 0.3) is 22.0 Å². The van der Waals surface area contributed by atoms with E-state index in [0.717, 1.165) is 5.69 Å². The van der Waals surface area contributed by atoms with Crippen molar-refractivity contribution in [3.8, 4) is 16.9 Å². The van der Waals surface area contributed by atoms with Gasteiger partial charge in [-0.2, -0.15) is 0 Å². The molecule has 0 saturated carbocycles. The van der Waals surface area contributed by atoms with E-state index in [-0.39, 0.29) is 28.9 Å². The number of benzene rings is 2. The van der Waals surface area contributed by atoms with Crippen LogP contribution in [0.1, 0.15) is 17.3 Å². The summed E-state index contributed by atoms with van der Waals surface area (Å²) in [5, 5.41) is 0.620.